The quantitative estimate of drug-likeness (QED) is 0.913. The monoisotopic (exact) mass is 314 g/mol. The van der Waals surface area contributed by atoms with Crippen LogP contribution < -0.4 is 10.2 Å². The maximum atomic E-state index is 3.68. The molecule has 0 aromatic heterocycles. The van der Waals surface area contributed by atoms with E-state index in [4.69, 9.17) is 0 Å². The molecule has 2 rings (SSSR count). The standard InChI is InChI=1S/C13H19BrN2S/c1-16(2)13-6-5-10(14)8-12(13)15-11-4-3-7-17-9-11/h5-6,8,11,15H,3-4,7,9H2,1-2H3. The molecule has 0 radical (unpaired) electrons. The maximum absolute atomic E-state index is 3.68. The lowest BCUT2D eigenvalue weighted by Gasteiger charge is -2.26. The molecule has 2 nitrogen and oxygen atoms in total. The van der Waals surface area contributed by atoms with Crippen molar-refractivity contribution in [3.63, 3.8) is 0 Å². The number of nitrogens with one attached hydrogen (secondary N) is 1. The molecule has 0 bridgehead atoms. The lowest BCUT2D eigenvalue weighted by molar-refractivity contribution is 0.685. The molecular formula is C13H19BrN2S. The van der Waals surface area contributed by atoms with E-state index in [0.717, 1.165) is 4.47 Å². The van der Waals surface area contributed by atoms with Gasteiger partial charge in [-0.1, -0.05) is 15.9 Å². The Balaban J connectivity index is 2.14. The van der Waals surface area contributed by atoms with Crippen molar-refractivity contribution in [3.05, 3.63) is 22.7 Å². The van der Waals surface area contributed by atoms with Gasteiger partial charge in [-0.15, -0.1) is 0 Å². The van der Waals surface area contributed by atoms with E-state index in [0.29, 0.717) is 6.04 Å². The number of halogens is 1. The zero-order chi connectivity index (χ0) is 12.3. The van der Waals surface area contributed by atoms with Crippen molar-refractivity contribution in [2.24, 2.45) is 0 Å². The summed E-state index contributed by atoms with van der Waals surface area (Å²) in [6, 6.07) is 7.04. The first-order valence-electron chi connectivity index (χ1n) is 5.98. The largest absolute Gasteiger partial charge is 0.380 e. The lowest BCUT2D eigenvalue weighted by atomic mass is 10.1. The van der Waals surface area contributed by atoms with E-state index in [1.54, 1.807) is 0 Å². The summed E-state index contributed by atoms with van der Waals surface area (Å²) in [5.74, 6) is 2.54. The third kappa shape index (κ3) is 3.55. The zero-order valence-electron chi connectivity index (χ0n) is 10.4. The van der Waals surface area contributed by atoms with Gasteiger partial charge in [-0.05, 0) is 36.8 Å². The third-order valence-electron chi connectivity index (χ3n) is 2.96. The third-order valence-corrected chi connectivity index (χ3v) is 4.67. The van der Waals surface area contributed by atoms with Crippen LogP contribution in [0.25, 0.3) is 0 Å². The predicted molar refractivity (Wildman–Crippen MR) is 82.4 cm³/mol. The molecular weight excluding hydrogens is 296 g/mol. The first-order chi connectivity index (χ1) is 8.16. The second-order valence-electron chi connectivity index (χ2n) is 4.61. The Labute approximate surface area is 116 Å². The van der Waals surface area contributed by atoms with Crippen molar-refractivity contribution >= 4 is 39.1 Å². The highest BCUT2D eigenvalue weighted by atomic mass is 79.9. The molecule has 4 heteroatoms. The highest BCUT2D eigenvalue weighted by Gasteiger charge is 2.15. The highest BCUT2D eigenvalue weighted by Crippen LogP contribution is 2.30. The van der Waals surface area contributed by atoms with Gasteiger partial charge in [0, 0.05) is 30.4 Å². The molecule has 17 heavy (non-hydrogen) atoms. The van der Waals surface area contributed by atoms with Gasteiger partial charge in [-0.2, -0.15) is 11.8 Å². The molecule has 1 N–H and O–H groups in total. The minimum absolute atomic E-state index is 0.613. The summed E-state index contributed by atoms with van der Waals surface area (Å²) in [5, 5.41) is 3.68. The van der Waals surface area contributed by atoms with Crippen LogP contribution in [0, 0.1) is 0 Å². The van der Waals surface area contributed by atoms with Gasteiger partial charge in [-0.3, -0.25) is 0 Å². The van der Waals surface area contributed by atoms with Crippen molar-refractivity contribution in [1.29, 1.82) is 0 Å². The molecule has 1 atom stereocenters. The van der Waals surface area contributed by atoms with Crippen LogP contribution in [-0.4, -0.2) is 31.6 Å². The van der Waals surface area contributed by atoms with Crippen LogP contribution in [0.4, 0.5) is 11.4 Å². The molecule has 0 amide bonds. The molecule has 1 fully saturated rings. The van der Waals surface area contributed by atoms with Crippen LogP contribution in [0.5, 0.6) is 0 Å². The van der Waals surface area contributed by atoms with Crippen LogP contribution in [0.3, 0.4) is 0 Å². The Bertz CT molecular complexity index is 376. The number of thioether (sulfide) groups is 1. The molecule has 1 aliphatic rings. The Morgan fingerprint density at radius 2 is 2.24 bits per heavy atom. The maximum Gasteiger partial charge on any atom is 0.0597 e. The number of anilines is 2. The summed E-state index contributed by atoms with van der Waals surface area (Å²) in [4.78, 5) is 2.16. The van der Waals surface area contributed by atoms with Gasteiger partial charge in [-0.25, -0.2) is 0 Å². The Morgan fingerprint density at radius 1 is 1.41 bits per heavy atom. The average Bonchev–Trinajstić information content (AvgIpc) is 2.30. The van der Waals surface area contributed by atoms with Crippen molar-refractivity contribution < 1.29 is 0 Å². The molecule has 1 heterocycles. The Kier molecular flexibility index (Phi) is 4.62. The van der Waals surface area contributed by atoms with Gasteiger partial charge in [0.15, 0.2) is 0 Å². The lowest BCUT2D eigenvalue weighted by Crippen LogP contribution is -2.26. The fraction of sp³-hybridized carbons (Fsp3) is 0.538. The fourth-order valence-corrected chi connectivity index (χ4v) is 3.52. The van der Waals surface area contributed by atoms with Gasteiger partial charge in [0.25, 0.3) is 0 Å². The second-order valence-corrected chi connectivity index (χ2v) is 6.68. The molecule has 0 aliphatic carbocycles. The molecule has 94 valence electrons. The molecule has 1 aromatic rings. The Hall–Kier alpha value is -0.350. The number of hydrogen-bond donors (Lipinski definition) is 1. The first kappa shape index (κ1) is 13.1. The SMILES string of the molecule is CN(C)c1ccc(Br)cc1NC1CCCSC1. The number of benzene rings is 1. The van der Waals surface area contributed by atoms with Crippen LogP contribution in [0.15, 0.2) is 22.7 Å². The van der Waals surface area contributed by atoms with E-state index in [1.165, 1.54) is 35.7 Å². The first-order valence-corrected chi connectivity index (χ1v) is 7.93. The topological polar surface area (TPSA) is 15.3 Å². The van der Waals surface area contributed by atoms with Gasteiger partial charge in [0.2, 0.25) is 0 Å². The van der Waals surface area contributed by atoms with Gasteiger partial charge < -0.3 is 10.2 Å². The van der Waals surface area contributed by atoms with Crippen LogP contribution in [0.2, 0.25) is 0 Å². The molecule has 1 saturated heterocycles. The molecule has 0 saturated carbocycles. The van der Waals surface area contributed by atoms with E-state index in [-0.39, 0.29) is 0 Å². The average molecular weight is 315 g/mol. The summed E-state index contributed by atoms with van der Waals surface area (Å²) in [6.45, 7) is 0. The predicted octanol–water partition coefficient (Wildman–Crippen LogP) is 3.82. The fourth-order valence-electron chi connectivity index (χ4n) is 2.09. The van der Waals surface area contributed by atoms with Crippen molar-refractivity contribution in [2.45, 2.75) is 18.9 Å². The minimum Gasteiger partial charge on any atom is -0.380 e. The van der Waals surface area contributed by atoms with E-state index in [2.05, 4.69) is 70.2 Å². The minimum atomic E-state index is 0.613. The molecule has 0 spiro atoms. The number of nitrogens with zero attached hydrogens (tertiary/aromatic N) is 1. The summed E-state index contributed by atoms with van der Waals surface area (Å²) in [6.07, 6.45) is 2.61. The Morgan fingerprint density at radius 3 is 2.88 bits per heavy atom. The van der Waals surface area contributed by atoms with Crippen LogP contribution >= 0.6 is 27.7 Å². The van der Waals surface area contributed by atoms with Crippen molar-refractivity contribution in [3.8, 4) is 0 Å². The smallest absolute Gasteiger partial charge is 0.0597 e. The summed E-state index contributed by atoms with van der Waals surface area (Å²) < 4.78 is 1.13. The summed E-state index contributed by atoms with van der Waals surface area (Å²) in [5.41, 5.74) is 2.49. The van der Waals surface area contributed by atoms with Gasteiger partial charge >= 0.3 is 0 Å². The zero-order valence-corrected chi connectivity index (χ0v) is 12.8. The van der Waals surface area contributed by atoms with E-state index >= 15 is 0 Å². The summed E-state index contributed by atoms with van der Waals surface area (Å²) >= 11 is 5.60. The van der Waals surface area contributed by atoms with E-state index < -0.39 is 0 Å². The van der Waals surface area contributed by atoms with E-state index in [9.17, 15) is 0 Å². The molecule has 1 unspecified atom stereocenters. The van der Waals surface area contributed by atoms with E-state index in [1.807, 2.05) is 0 Å². The van der Waals surface area contributed by atoms with Crippen LogP contribution in [0.1, 0.15) is 12.8 Å². The molecule has 1 aromatic carbocycles. The van der Waals surface area contributed by atoms with Gasteiger partial charge in [0.1, 0.15) is 0 Å². The van der Waals surface area contributed by atoms with Crippen molar-refractivity contribution in [2.75, 3.05) is 35.8 Å². The normalized spacial score (nSPS) is 20.1. The van der Waals surface area contributed by atoms with Crippen LogP contribution in [-0.2, 0) is 0 Å². The highest BCUT2D eigenvalue weighted by molar-refractivity contribution is 9.10. The molecule has 1 aliphatic heterocycles. The number of rotatable bonds is 3. The second kappa shape index (κ2) is 6.01. The summed E-state index contributed by atoms with van der Waals surface area (Å²) in [7, 11) is 4.17. The van der Waals surface area contributed by atoms with Crippen molar-refractivity contribution in [1.82, 2.24) is 0 Å². The van der Waals surface area contributed by atoms with Gasteiger partial charge in [0.05, 0.1) is 11.4 Å². The number of hydrogen-bond acceptors (Lipinski definition) is 3.